The third-order valence-corrected chi connectivity index (χ3v) is 6.05. The van der Waals surface area contributed by atoms with E-state index in [9.17, 15) is 45.6 Å². The van der Waals surface area contributed by atoms with Crippen molar-refractivity contribution < 1.29 is 69.7 Å². The molecule has 0 amide bonds. The molecule has 15 heteroatoms. The van der Waals surface area contributed by atoms with E-state index in [0.717, 1.165) is 0 Å². The molecule has 0 aliphatic carbocycles. The van der Waals surface area contributed by atoms with Crippen molar-refractivity contribution in [1.82, 2.24) is 0 Å². The largest absolute Gasteiger partial charge is 0.477 e. The van der Waals surface area contributed by atoms with E-state index in [1.54, 1.807) is 0 Å². The lowest BCUT2D eigenvalue weighted by Crippen LogP contribution is -2.67. The Labute approximate surface area is 201 Å². The molecule has 2 aliphatic rings. The van der Waals surface area contributed by atoms with Gasteiger partial charge in [-0.15, -0.1) is 0 Å². The van der Waals surface area contributed by atoms with Gasteiger partial charge in [-0.05, 0) is 25.8 Å². The Bertz CT molecular complexity index is 657. The molecule has 11 atom stereocenters. The molecule has 0 aromatic rings. The molecule has 0 bridgehead atoms. The zero-order valence-electron chi connectivity index (χ0n) is 19.1. The van der Waals surface area contributed by atoms with Crippen LogP contribution in [-0.2, 0) is 23.7 Å². The summed E-state index contributed by atoms with van der Waals surface area (Å²) >= 11 is 0. The van der Waals surface area contributed by atoms with Gasteiger partial charge in [0.1, 0.15) is 48.8 Å². The molecule has 4 unspecified atom stereocenters. The molecule has 206 valence electrons. The first kappa shape index (κ1) is 30.2. The first-order valence-corrected chi connectivity index (χ1v) is 11.4. The van der Waals surface area contributed by atoms with E-state index in [1.165, 1.54) is 0 Å². The molecule has 2 saturated heterocycles. The predicted molar refractivity (Wildman–Crippen MR) is 112 cm³/mol. The number of carboxylic acids is 1. The molecule has 2 aliphatic heterocycles. The van der Waals surface area contributed by atoms with Gasteiger partial charge < -0.3 is 70.6 Å². The van der Waals surface area contributed by atoms with Gasteiger partial charge in [0, 0.05) is 6.42 Å². The fraction of sp³-hybridized carbons (Fsp3) is 0.950. The minimum Gasteiger partial charge on any atom is -0.477 e. The van der Waals surface area contributed by atoms with Gasteiger partial charge in [-0.1, -0.05) is 0 Å². The summed E-state index contributed by atoms with van der Waals surface area (Å²) in [6, 6.07) is 0. The maximum absolute atomic E-state index is 12.0. The number of unbranched alkanes of at least 4 members (excludes halogenated alkanes) is 2. The molecule has 2 heterocycles. The number of hydrogen-bond donors (Lipinski definition) is 10. The number of carboxylic acid groups (broad SMARTS) is 1. The summed E-state index contributed by atoms with van der Waals surface area (Å²) in [4.78, 5) is 12.0. The van der Waals surface area contributed by atoms with E-state index in [4.69, 9.17) is 29.8 Å². The monoisotopic (exact) mass is 515 g/mol. The summed E-state index contributed by atoms with van der Waals surface area (Å²) in [5.41, 5.74) is 5.42. The summed E-state index contributed by atoms with van der Waals surface area (Å²) in [7, 11) is 0. The van der Waals surface area contributed by atoms with Crippen LogP contribution in [0.2, 0.25) is 0 Å². The van der Waals surface area contributed by atoms with Gasteiger partial charge in [0.15, 0.2) is 6.29 Å². The zero-order valence-corrected chi connectivity index (χ0v) is 19.1. The second kappa shape index (κ2) is 13.5. The molecule has 2 rings (SSSR count). The smallest absolute Gasteiger partial charge is 0.364 e. The topological polar surface area (TPSA) is 262 Å². The molecule has 0 aromatic heterocycles. The lowest BCUT2D eigenvalue weighted by molar-refractivity contribution is -0.369. The molecular formula is C20H37NO14. The van der Waals surface area contributed by atoms with Crippen LogP contribution in [0.3, 0.4) is 0 Å². The summed E-state index contributed by atoms with van der Waals surface area (Å²) in [5, 5.41) is 89.8. The van der Waals surface area contributed by atoms with Gasteiger partial charge in [-0.25, -0.2) is 4.79 Å². The lowest BCUT2D eigenvalue weighted by Gasteiger charge is -2.48. The van der Waals surface area contributed by atoms with E-state index in [2.05, 4.69) is 0 Å². The van der Waals surface area contributed by atoms with Gasteiger partial charge in [0.25, 0.3) is 5.79 Å². The average molecular weight is 516 g/mol. The number of ether oxygens (including phenoxy) is 4. The molecule has 0 spiro atoms. The number of aliphatic hydroxyl groups is 8. The highest BCUT2D eigenvalue weighted by Crippen LogP contribution is 2.36. The number of rotatable bonds is 13. The SMILES string of the molecule is NCCCCCO[C@]1(C(=O)O)CC(O)[C@@H](O[C@H]2OC([C@@H](O)CO)[C@@H](O)C(O)[C@H]2O)C([C@H](O)CO)O1. The van der Waals surface area contributed by atoms with Crippen molar-refractivity contribution >= 4 is 5.97 Å². The van der Waals surface area contributed by atoms with Crippen molar-refractivity contribution in [3.8, 4) is 0 Å². The van der Waals surface area contributed by atoms with Crippen molar-refractivity contribution in [2.75, 3.05) is 26.4 Å². The molecule has 0 radical (unpaired) electrons. The number of hydrogen-bond acceptors (Lipinski definition) is 14. The maximum atomic E-state index is 12.0. The Morgan fingerprint density at radius 3 is 2.17 bits per heavy atom. The highest BCUT2D eigenvalue weighted by atomic mass is 16.8. The van der Waals surface area contributed by atoms with Gasteiger partial charge in [0.05, 0.1) is 25.9 Å². The summed E-state index contributed by atoms with van der Waals surface area (Å²) in [5.74, 6) is -3.98. The van der Waals surface area contributed by atoms with Gasteiger partial charge in [-0.3, -0.25) is 0 Å². The quantitative estimate of drug-likeness (QED) is 0.103. The fourth-order valence-electron chi connectivity index (χ4n) is 4.03. The molecule has 11 N–H and O–H groups in total. The van der Waals surface area contributed by atoms with Crippen LogP contribution in [0.4, 0.5) is 0 Å². The Kier molecular flexibility index (Phi) is 11.6. The molecule has 15 nitrogen and oxygen atoms in total. The summed E-state index contributed by atoms with van der Waals surface area (Å²) in [6.45, 7) is -1.41. The van der Waals surface area contributed by atoms with E-state index < -0.39 is 92.6 Å². The molecule has 0 saturated carbocycles. The van der Waals surface area contributed by atoms with Crippen LogP contribution < -0.4 is 5.73 Å². The van der Waals surface area contributed by atoms with Crippen LogP contribution >= 0.6 is 0 Å². The van der Waals surface area contributed by atoms with Crippen molar-refractivity contribution in [3.05, 3.63) is 0 Å². The third kappa shape index (κ3) is 7.04. The van der Waals surface area contributed by atoms with E-state index >= 15 is 0 Å². The van der Waals surface area contributed by atoms with Gasteiger partial charge >= 0.3 is 5.97 Å². The highest BCUT2D eigenvalue weighted by molar-refractivity contribution is 5.76. The minimum absolute atomic E-state index is 0.0677. The third-order valence-electron chi connectivity index (χ3n) is 6.05. The van der Waals surface area contributed by atoms with Crippen molar-refractivity contribution in [3.63, 3.8) is 0 Å². The lowest BCUT2D eigenvalue weighted by atomic mass is 9.91. The number of aliphatic hydroxyl groups excluding tert-OH is 8. The first-order chi connectivity index (χ1) is 16.5. The standard InChI is InChI=1S/C20H37NO14/c21-4-2-1-3-5-32-20(19(30)31)6-9(24)16(17(35-20)11(26)8-23)34-18-14(29)12(27)13(28)15(33-18)10(25)7-22/h9-18,22-29H,1-8,21H2,(H,30,31)/t9?,10-,11+,12?,13-,14+,15?,16+,17?,18+,20+/m0/s1. The number of carbonyl (C=O) groups is 1. The van der Waals surface area contributed by atoms with Crippen LogP contribution in [0.1, 0.15) is 25.7 Å². The molecule has 35 heavy (non-hydrogen) atoms. The summed E-state index contributed by atoms with van der Waals surface area (Å²) < 4.78 is 21.8. The summed E-state index contributed by atoms with van der Waals surface area (Å²) in [6.07, 6.45) is -16.4. The fourth-order valence-corrected chi connectivity index (χ4v) is 4.03. The zero-order chi connectivity index (χ0) is 26.3. The van der Waals surface area contributed by atoms with Crippen molar-refractivity contribution in [1.29, 1.82) is 0 Å². The van der Waals surface area contributed by atoms with Crippen molar-refractivity contribution in [2.24, 2.45) is 5.73 Å². The number of aliphatic carboxylic acids is 1. The minimum atomic E-state index is -2.39. The Balaban J connectivity index is 2.23. The first-order valence-electron chi connectivity index (χ1n) is 11.4. The predicted octanol–water partition coefficient (Wildman–Crippen LogP) is -5.04. The van der Waals surface area contributed by atoms with Crippen LogP contribution in [0.15, 0.2) is 0 Å². The normalized spacial score (nSPS) is 39.8. The van der Waals surface area contributed by atoms with Gasteiger partial charge in [-0.2, -0.15) is 0 Å². The van der Waals surface area contributed by atoms with Crippen LogP contribution in [0, 0.1) is 0 Å². The van der Waals surface area contributed by atoms with Crippen LogP contribution in [0.25, 0.3) is 0 Å². The second-order valence-corrected chi connectivity index (χ2v) is 8.65. The Morgan fingerprint density at radius 1 is 0.971 bits per heavy atom. The molecule has 0 aromatic carbocycles. The Morgan fingerprint density at radius 2 is 1.60 bits per heavy atom. The molecular weight excluding hydrogens is 478 g/mol. The average Bonchev–Trinajstić information content (AvgIpc) is 2.84. The Hall–Kier alpha value is -1.05. The van der Waals surface area contributed by atoms with E-state index in [0.29, 0.717) is 25.8 Å². The highest BCUT2D eigenvalue weighted by Gasteiger charge is 2.57. The second-order valence-electron chi connectivity index (χ2n) is 8.65. The van der Waals surface area contributed by atoms with Gasteiger partial charge in [0.2, 0.25) is 0 Å². The van der Waals surface area contributed by atoms with E-state index in [1.807, 2.05) is 0 Å². The van der Waals surface area contributed by atoms with E-state index in [-0.39, 0.29) is 6.61 Å². The van der Waals surface area contributed by atoms with Crippen LogP contribution in [0.5, 0.6) is 0 Å². The van der Waals surface area contributed by atoms with Crippen LogP contribution in [-0.4, -0.2) is 145 Å². The molecule has 2 fully saturated rings. The van der Waals surface area contributed by atoms with Crippen molar-refractivity contribution in [2.45, 2.75) is 92.7 Å². The number of nitrogens with two attached hydrogens (primary N) is 1. The maximum Gasteiger partial charge on any atom is 0.364 e.